The van der Waals surface area contributed by atoms with Gasteiger partial charge in [0.2, 0.25) is 5.91 Å². The molecule has 0 bridgehead atoms. The number of halogens is 1. The molecular formula is C22H24FN5O4. The van der Waals surface area contributed by atoms with Crippen LogP contribution in [0.15, 0.2) is 29.7 Å². The number of carbonyl (C=O) groups excluding carboxylic acids is 2. The van der Waals surface area contributed by atoms with Crippen LogP contribution in [0.25, 0.3) is 0 Å². The Morgan fingerprint density at radius 2 is 1.91 bits per heavy atom. The van der Waals surface area contributed by atoms with E-state index in [1.807, 2.05) is 6.07 Å². The SMILES string of the molecule is CC(C)(C)OC(=O)N1CCC(OC2=C(C#N)N(c3ccc(C#N)c(F)c3)NC(=O)C2)CC1. The highest BCUT2D eigenvalue weighted by Crippen LogP contribution is 2.29. The fraction of sp³-hybridized carbons (Fsp3) is 0.455. The summed E-state index contributed by atoms with van der Waals surface area (Å²) in [7, 11) is 0. The van der Waals surface area contributed by atoms with Gasteiger partial charge in [0.25, 0.3) is 0 Å². The summed E-state index contributed by atoms with van der Waals surface area (Å²) in [4.78, 5) is 26.1. The molecule has 9 nitrogen and oxygen atoms in total. The van der Waals surface area contributed by atoms with Crippen molar-refractivity contribution < 1.29 is 23.5 Å². The van der Waals surface area contributed by atoms with Gasteiger partial charge >= 0.3 is 6.09 Å². The third-order valence-electron chi connectivity index (χ3n) is 4.89. The molecule has 1 saturated heterocycles. The Morgan fingerprint density at radius 3 is 2.47 bits per heavy atom. The molecule has 1 fully saturated rings. The predicted octanol–water partition coefficient (Wildman–Crippen LogP) is 3.09. The first-order valence-electron chi connectivity index (χ1n) is 10.2. The Bertz CT molecular complexity index is 1030. The number of nitrogens with zero attached hydrogens (tertiary/aromatic N) is 4. The molecule has 10 heteroatoms. The molecule has 3 rings (SSSR count). The van der Waals surface area contributed by atoms with Gasteiger partial charge in [-0.1, -0.05) is 0 Å². The van der Waals surface area contributed by atoms with Gasteiger partial charge in [0.05, 0.1) is 17.7 Å². The van der Waals surface area contributed by atoms with Crippen molar-refractivity contribution in [2.75, 3.05) is 18.1 Å². The van der Waals surface area contributed by atoms with Gasteiger partial charge in [-0.15, -0.1) is 0 Å². The van der Waals surface area contributed by atoms with E-state index >= 15 is 0 Å². The normalized spacial score (nSPS) is 17.4. The van der Waals surface area contributed by atoms with Gasteiger partial charge in [0.1, 0.15) is 35.4 Å². The van der Waals surface area contributed by atoms with E-state index in [-0.39, 0.29) is 41.3 Å². The number of piperidine rings is 1. The molecule has 2 heterocycles. The van der Waals surface area contributed by atoms with Crippen LogP contribution in [-0.2, 0) is 14.3 Å². The average molecular weight is 441 g/mol. The molecule has 0 saturated carbocycles. The Morgan fingerprint density at radius 1 is 1.22 bits per heavy atom. The average Bonchev–Trinajstić information content (AvgIpc) is 2.72. The van der Waals surface area contributed by atoms with Crippen LogP contribution < -0.4 is 10.4 Å². The van der Waals surface area contributed by atoms with Crippen molar-refractivity contribution in [1.29, 1.82) is 10.5 Å². The molecule has 0 radical (unpaired) electrons. The van der Waals surface area contributed by atoms with E-state index in [1.165, 1.54) is 12.1 Å². The molecule has 2 aliphatic rings. The standard InChI is InChI=1S/C22H24FN5O4/c1-22(2,3)32-21(30)27-8-6-16(7-9-27)31-19-11-20(29)26-28(18(19)13-25)15-5-4-14(12-24)17(23)10-15/h4-5,10,16H,6-9,11H2,1-3H3,(H,26,29). The molecule has 0 atom stereocenters. The maximum atomic E-state index is 14.1. The molecule has 0 aliphatic carbocycles. The summed E-state index contributed by atoms with van der Waals surface area (Å²) >= 11 is 0. The number of benzene rings is 1. The van der Waals surface area contributed by atoms with Crippen LogP contribution in [0.5, 0.6) is 0 Å². The molecule has 1 N–H and O–H groups in total. The lowest BCUT2D eigenvalue weighted by Crippen LogP contribution is -2.47. The van der Waals surface area contributed by atoms with Gasteiger partial charge in [-0.05, 0) is 32.9 Å². The Hall–Kier alpha value is -3.79. The summed E-state index contributed by atoms with van der Waals surface area (Å²) in [5, 5.41) is 19.8. The number of anilines is 1. The van der Waals surface area contributed by atoms with Crippen LogP contribution >= 0.6 is 0 Å². The quantitative estimate of drug-likeness (QED) is 0.765. The van der Waals surface area contributed by atoms with Gasteiger partial charge in [0.15, 0.2) is 5.70 Å². The zero-order chi connectivity index (χ0) is 23.5. The number of hydrazine groups is 1. The Balaban J connectivity index is 1.73. The van der Waals surface area contributed by atoms with Crippen molar-refractivity contribution in [2.45, 2.75) is 51.7 Å². The molecule has 32 heavy (non-hydrogen) atoms. The number of amides is 2. The van der Waals surface area contributed by atoms with Crippen LogP contribution in [0.3, 0.4) is 0 Å². The topological polar surface area (TPSA) is 119 Å². The van der Waals surface area contributed by atoms with Crippen LogP contribution in [0.2, 0.25) is 0 Å². The molecule has 1 aromatic rings. The van der Waals surface area contributed by atoms with Crippen LogP contribution in [-0.4, -0.2) is 41.7 Å². The van der Waals surface area contributed by atoms with Gasteiger partial charge < -0.3 is 14.4 Å². The number of likely N-dealkylation sites (tertiary alicyclic amines) is 1. The van der Waals surface area contributed by atoms with E-state index < -0.39 is 17.3 Å². The summed E-state index contributed by atoms with van der Waals surface area (Å²) in [5.74, 6) is -1.01. The van der Waals surface area contributed by atoms with Crippen molar-refractivity contribution in [3.05, 3.63) is 41.0 Å². The second-order valence-electron chi connectivity index (χ2n) is 8.49. The number of hydrogen-bond donors (Lipinski definition) is 1. The minimum absolute atomic E-state index is 0.0308. The molecule has 168 valence electrons. The van der Waals surface area contributed by atoms with Gasteiger partial charge in [0, 0.05) is 32.0 Å². The van der Waals surface area contributed by atoms with Crippen molar-refractivity contribution in [3.8, 4) is 12.1 Å². The second kappa shape index (κ2) is 9.15. The van der Waals surface area contributed by atoms with Crippen molar-refractivity contribution in [1.82, 2.24) is 10.3 Å². The lowest BCUT2D eigenvalue weighted by atomic mass is 10.1. The summed E-state index contributed by atoms with van der Waals surface area (Å²) < 4.78 is 25.4. The maximum absolute atomic E-state index is 14.1. The van der Waals surface area contributed by atoms with E-state index in [9.17, 15) is 19.2 Å². The van der Waals surface area contributed by atoms with E-state index in [0.29, 0.717) is 25.9 Å². The van der Waals surface area contributed by atoms with E-state index in [0.717, 1.165) is 11.1 Å². The first-order valence-corrected chi connectivity index (χ1v) is 10.2. The number of allylic oxidation sites excluding steroid dienone is 1. The van der Waals surface area contributed by atoms with Gasteiger partial charge in [-0.25, -0.2) is 14.2 Å². The maximum Gasteiger partial charge on any atom is 0.410 e. The van der Waals surface area contributed by atoms with E-state index in [2.05, 4.69) is 5.43 Å². The summed E-state index contributed by atoms with van der Waals surface area (Å²) in [5.41, 5.74) is 2.01. The highest BCUT2D eigenvalue weighted by atomic mass is 19.1. The molecular weight excluding hydrogens is 417 g/mol. The number of nitrogens with one attached hydrogen (secondary N) is 1. The zero-order valence-corrected chi connectivity index (χ0v) is 18.1. The lowest BCUT2D eigenvalue weighted by molar-refractivity contribution is -0.122. The number of rotatable bonds is 3. The minimum atomic E-state index is -0.765. The largest absolute Gasteiger partial charge is 0.491 e. The molecule has 0 unspecified atom stereocenters. The number of ether oxygens (including phenoxy) is 2. The molecule has 2 amide bonds. The lowest BCUT2D eigenvalue weighted by Gasteiger charge is -2.35. The van der Waals surface area contributed by atoms with Crippen LogP contribution in [0.4, 0.5) is 14.9 Å². The van der Waals surface area contributed by atoms with Crippen molar-refractivity contribution in [3.63, 3.8) is 0 Å². The monoisotopic (exact) mass is 441 g/mol. The smallest absolute Gasteiger partial charge is 0.410 e. The molecule has 2 aliphatic heterocycles. The second-order valence-corrected chi connectivity index (χ2v) is 8.49. The third kappa shape index (κ3) is 5.27. The molecule has 0 spiro atoms. The fourth-order valence-electron chi connectivity index (χ4n) is 3.40. The summed E-state index contributed by atoms with van der Waals surface area (Å²) in [6, 6.07) is 7.51. The zero-order valence-electron chi connectivity index (χ0n) is 18.1. The van der Waals surface area contributed by atoms with Crippen molar-refractivity contribution in [2.24, 2.45) is 0 Å². The van der Waals surface area contributed by atoms with E-state index in [4.69, 9.17) is 14.7 Å². The Kier molecular flexibility index (Phi) is 6.54. The first-order chi connectivity index (χ1) is 15.1. The number of hydrogen-bond acceptors (Lipinski definition) is 7. The van der Waals surface area contributed by atoms with Gasteiger partial charge in [-0.3, -0.25) is 10.2 Å². The van der Waals surface area contributed by atoms with E-state index in [1.54, 1.807) is 31.7 Å². The fourth-order valence-corrected chi connectivity index (χ4v) is 3.40. The highest BCUT2D eigenvalue weighted by molar-refractivity contribution is 5.84. The molecule has 1 aromatic carbocycles. The summed E-state index contributed by atoms with van der Waals surface area (Å²) in [6.07, 6.45) is 0.199. The van der Waals surface area contributed by atoms with Crippen LogP contribution in [0, 0.1) is 28.5 Å². The summed E-state index contributed by atoms with van der Waals surface area (Å²) in [6.45, 7) is 6.25. The molecule has 0 aromatic heterocycles. The third-order valence-corrected chi connectivity index (χ3v) is 4.89. The minimum Gasteiger partial charge on any atom is -0.491 e. The van der Waals surface area contributed by atoms with Gasteiger partial charge in [-0.2, -0.15) is 10.5 Å². The first kappa shape index (κ1) is 22.9. The number of carbonyl (C=O) groups is 2. The number of nitriles is 2. The predicted molar refractivity (Wildman–Crippen MR) is 111 cm³/mol. The van der Waals surface area contributed by atoms with Crippen molar-refractivity contribution >= 4 is 17.7 Å². The Labute approximate surface area is 185 Å². The van der Waals surface area contributed by atoms with Crippen LogP contribution in [0.1, 0.15) is 45.6 Å². The highest BCUT2D eigenvalue weighted by Gasteiger charge is 2.32.